The van der Waals surface area contributed by atoms with Crippen molar-refractivity contribution in [2.75, 3.05) is 0 Å². The second-order valence-corrected chi connectivity index (χ2v) is 14.0. The van der Waals surface area contributed by atoms with Gasteiger partial charge in [-0.25, -0.2) is 15.0 Å². The summed E-state index contributed by atoms with van der Waals surface area (Å²) >= 11 is 0. The third kappa shape index (κ3) is 5.65. The molecule has 10 rings (SSSR count). The van der Waals surface area contributed by atoms with E-state index < -0.39 is 5.41 Å². The molecule has 0 spiro atoms. The van der Waals surface area contributed by atoms with E-state index in [1.807, 2.05) is 60.7 Å². The zero-order valence-electron chi connectivity index (χ0n) is 30.0. The van der Waals surface area contributed by atoms with Crippen molar-refractivity contribution >= 4 is 0 Å². The predicted octanol–water partition coefficient (Wildman–Crippen LogP) is 12.6. The maximum atomic E-state index is 4.96. The molecule has 3 nitrogen and oxygen atoms in total. The second-order valence-electron chi connectivity index (χ2n) is 14.0. The first-order valence-electron chi connectivity index (χ1n) is 18.7. The van der Waals surface area contributed by atoms with Crippen molar-refractivity contribution in [2.24, 2.45) is 0 Å². The minimum absolute atomic E-state index is 0.399. The van der Waals surface area contributed by atoms with Gasteiger partial charge < -0.3 is 0 Å². The molecule has 1 aromatic heterocycles. The van der Waals surface area contributed by atoms with Crippen molar-refractivity contribution in [2.45, 2.75) is 5.41 Å². The summed E-state index contributed by atoms with van der Waals surface area (Å²) in [6, 6.07) is 75.4. The van der Waals surface area contributed by atoms with E-state index in [9.17, 15) is 0 Å². The lowest BCUT2D eigenvalue weighted by Gasteiger charge is -2.33. The second kappa shape index (κ2) is 13.6. The lowest BCUT2D eigenvalue weighted by molar-refractivity contribution is 0.768. The highest BCUT2D eigenvalue weighted by Crippen LogP contribution is 2.56. The Bertz CT molecular complexity index is 2680. The summed E-state index contributed by atoms with van der Waals surface area (Å²) < 4.78 is 0. The maximum absolute atomic E-state index is 4.96. The van der Waals surface area contributed by atoms with Crippen LogP contribution < -0.4 is 0 Å². The molecule has 1 aliphatic carbocycles. The van der Waals surface area contributed by atoms with Gasteiger partial charge in [-0.15, -0.1) is 0 Å². The first kappa shape index (κ1) is 32.4. The Balaban J connectivity index is 1.02. The van der Waals surface area contributed by atoms with Gasteiger partial charge in [0.2, 0.25) is 0 Å². The topological polar surface area (TPSA) is 38.7 Å². The van der Waals surface area contributed by atoms with Gasteiger partial charge >= 0.3 is 0 Å². The Hall–Kier alpha value is -7.23. The SMILES string of the molecule is c1ccc(-c2nc(-c3ccccc3)nc(-c3cccc(-c4ccc(-c5ccc6c(c5)-c5ccccc5C6(c5ccccc5)c5ccccc5)cc4)c3)n2)cc1. The largest absolute Gasteiger partial charge is 0.208 e. The Kier molecular flexibility index (Phi) is 8.04. The van der Waals surface area contributed by atoms with Crippen LogP contribution >= 0.6 is 0 Å². The van der Waals surface area contributed by atoms with Crippen molar-refractivity contribution < 1.29 is 0 Å². The van der Waals surface area contributed by atoms with Crippen LogP contribution in [-0.2, 0) is 5.41 Å². The van der Waals surface area contributed by atoms with E-state index in [-0.39, 0.29) is 0 Å². The number of benzene rings is 8. The van der Waals surface area contributed by atoms with E-state index in [0.717, 1.165) is 27.8 Å². The molecule has 1 aliphatic rings. The summed E-state index contributed by atoms with van der Waals surface area (Å²) in [6.07, 6.45) is 0. The van der Waals surface area contributed by atoms with Crippen LogP contribution in [0.3, 0.4) is 0 Å². The number of aromatic nitrogens is 3. The van der Waals surface area contributed by atoms with Gasteiger partial charge in [0.25, 0.3) is 0 Å². The fourth-order valence-electron chi connectivity index (χ4n) is 8.26. The quantitative estimate of drug-likeness (QED) is 0.166. The predicted molar refractivity (Wildman–Crippen MR) is 224 cm³/mol. The maximum Gasteiger partial charge on any atom is 0.164 e. The fraction of sp³-hybridized carbons (Fsp3) is 0.0192. The number of hydrogen-bond acceptors (Lipinski definition) is 3. The zero-order valence-corrected chi connectivity index (χ0v) is 30.0. The van der Waals surface area contributed by atoms with E-state index in [1.165, 1.54) is 44.5 Å². The van der Waals surface area contributed by atoms with E-state index >= 15 is 0 Å². The van der Waals surface area contributed by atoms with E-state index in [2.05, 4.69) is 152 Å². The summed E-state index contributed by atoms with van der Waals surface area (Å²) in [5.41, 5.74) is 14.8. The average Bonchev–Trinajstić information content (AvgIpc) is 3.58. The highest BCUT2D eigenvalue weighted by molar-refractivity contribution is 5.89. The van der Waals surface area contributed by atoms with E-state index in [0.29, 0.717) is 17.5 Å². The molecule has 0 radical (unpaired) electrons. The molecule has 0 aliphatic heterocycles. The molecule has 0 fully saturated rings. The third-order valence-corrected chi connectivity index (χ3v) is 10.8. The van der Waals surface area contributed by atoms with Crippen LogP contribution in [0.5, 0.6) is 0 Å². The van der Waals surface area contributed by atoms with Crippen molar-refractivity contribution in [3.63, 3.8) is 0 Å². The lowest BCUT2D eigenvalue weighted by atomic mass is 9.67. The van der Waals surface area contributed by atoms with Crippen LogP contribution in [0.2, 0.25) is 0 Å². The van der Waals surface area contributed by atoms with Gasteiger partial charge in [-0.3, -0.25) is 0 Å². The smallest absolute Gasteiger partial charge is 0.164 e. The van der Waals surface area contributed by atoms with Crippen molar-refractivity contribution in [3.8, 4) is 67.5 Å². The molecule has 0 bridgehead atoms. The standard InChI is InChI=1S/C52H35N3/c1-5-16-38(17-6-1)49-53-50(39-18-7-2-8-19-39)55-51(54-49)42-21-15-20-40(34-42)36-28-30-37(31-29-36)41-32-33-48-46(35-41)45-26-13-14-27-47(45)52(48,43-22-9-3-10-23-43)44-24-11-4-12-25-44/h1-35H. The van der Waals surface area contributed by atoms with Gasteiger partial charge in [-0.1, -0.05) is 200 Å². The number of hydrogen-bond donors (Lipinski definition) is 0. The first-order valence-corrected chi connectivity index (χ1v) is 18.7. The molecule has 55 heavy (non-hydrogen) atoms. The molecule has 258 valence electrons. The molecular weight excluding hydrogens is 667 g/mol. The molecule has 8 aromatic carbocycles. The highest BCUT2D eigenvalue weighted by atomic mass is 15.0. The third-order valence-electron chi connectivity index (χ3n) is 10.8. The van der Waals surface area contributed by atoms with Gasteiger partial charge in [-0.2, -0.15) is 0 Å². The van der Waals surface area contributed by atoms with Gasteiger partial charge in [0.05, 0.1) is 5.41 Å². The van der Waals surface area contributed by atoms with Gasteiger partial charge in [0.15, 0.2) is 17.5 Å². The fourth-order valence-corrected chi connectivity index (χ4v) is 8.26. The molecule has 0 atom stereocenters. The molecule has 0 unspecified atom stereocenters. The van der Waals surface area contributed by atoms with Crippen LogP contribution in [0, 0.1) is 0 Å². The van der Waals surface area contributed by atoms with Gasteiger partial charge in [0.1, 0.15) is 0 Å². The monoisotopic (exact) mass is 701 g/mol. The minimum atomic E-state index is -0.399. The van der Waals surface area contributed by atoms with Crippen LogP contribution in [0.1, 0.15) is 22.3 Å². The van der Waals surface area contributed by atoms with Crippen LogP contribution in [0.15, 0.2) is 212 Å². The van der Waals surface area contributed by atoms with Crippen LogP contribution in [0.4, 0.5) is 0 Å². The molecule has 9 aromatic rings. The Morgan fingerprint density at radius 2 is 0.655 bits per heavy atom. The van der Waals surface area contributed by atoms with E-state index in [4.69, 9.17) is 15.0 Å². The van der Waals surface area contributed by atoms with Crippen molar-refractivity contribution in [1.82, 2.24) is 15.0 Å². The molecule has 0 amide bonds. The summed E-state index contributed by atoms with van der Waals surface area (Å²) in [5, 5.41) is 0. The highest BCUT2D eigenvalue weighted by Gasteiger charge is 2.45. The average molecular weight is 702 g/mol. The Morgan fingerprint density at radius 3 is 1.22 bits per heavy atom. The molecule has 0 saturated carbocycles. The van der Waals surface area contributed by atoms with Crippen LogP contribution in [0.25, 0.3) is 67.5 Å². The van der Waals surface area contributed by atoms with E-state index in [1.54, 1.807) is 0 Å². The van der Waals surface area contributed by atoms with Crippen molar-refractivity contribution in [3.05, 3.63) is 235 Å². The molecule has 1 heterocycles. The molecule has 0 saturated heterocycles. The minimum Gasteiger partial charge on any atom is -0.208 e. The first-order chi connectivity index (χ1) is 27.3. The number of fused-ring (bicyclic) bond motifs is 3. The van der Waals surface area contributed by atoms with Crippen molar-refractivity contribution in [1.29, 1.82) is 0 Å². The summed E-state index contributed by atoms with van der Waals surface area (Å²) in [7, 11) is 0. The normalized spacial score (nSPS) is 12.5. The number of nitrogens with zero attached hydrogens (tertiary/aromatic N) is 3. The molecule has 3 heteroatoms. The molecule has 0 N–H and O–H groups in total. The van der Waals surface area contributed by atoms with Gasteiger partial charge in [0, 0.05) is 16.7 Å². The van der Waals surface area contributed by atoms with Gasteiger partial charge in [-0.05, 0) is 67.8 Å². The Morgan fingerprint density at radius 1 is 0.255 bits per heavy atom. The summed E-state index contributed by atoms with van der Waals surface area (Å²) in [5.74, 6) is 1.95. The number of rotatable bonds is 7. The lowest BCUT2D eigenvalue weighted by Crippen LogP contribution is -2.28. The summed E-state index contributed by atoms with van der Waals surface area (Å²) in [6.45, 7) is 0. The summed E-state index contributed by atoms with van der Waals surface area (Å²) in [4.78, 5) is 14.8. The zero-order chi connectivity index (χ0) is 36.6. The van der Waals surface area contributed by atoms with Crippen LogP contribution in [-0.4, -0.2) is 15.0 Å². The Labute approximate surface area is 321 Å². The molecular formula is C52H35N3.